The molecule has 1 fully saturated rings. The van der Waals surface area contributed by atoms with E-state index in [2.05, 4.69) is 36.3 Å². The number of piperidine rings is 1. The molecular weight excluding hydrogens is 286 g/mol. The molecule has 0 aromatic heterocycles. The average molecular weight is 320 g/mol. The predicted molar refractivity (Wildman–Crippen MR) is 92.1 cm³/mol. The van der Waals surface area contributed by atoms with Crippen molar-refractivity contribution >= 4 is 18.3 Å². The first-order chi connectivity index (χ1) is 9.39. The Bertz CT molecular complexity index is 302. The lowest BCUT2D eigenvalue weighted by molar-refractivity contribution is -0.128. The van der Waals surface area contributed by atoms with E-state index in [9.17, 15) is 4.79 Å². The zero-order valence-electron chi connectivity index (χ0n) is 14.4. The van der Waals surface area contributed by atoms with Crippen LogP contribution in [0.5, 0.6) is 0 Å². The lowest BCUT2D eigenvalue weighted by Gasteiger charge is -2.37. The molecule has 0 radical (unpaired) electrons. The number of nitrogens with one attached hydrogen (secondary N) is 2. The van der Waals surface area contributed by atoms with Crippen LogP contribution in [-0.4, -0.2) is 49.1 Å². The first-order valence-corrected chi connectivity index (χ1v) is 8.10. The van der Waals surface area contributed by atoms with Crippen molar-refractivity contribution in [2.24, 2.45) is 5.92 Å². The molecular formula is C16H34ClN3O. The van der Waals surface area contributed by atoms with Crippen molar-refractivity contribution in [1.29, 1.82) is 0 Å². The highest BCUT2D eigenvalue weighted by Crippen LogP contribution is 2.21. The van der Waals surface area contributed by atoms with Crippen molar-refractivity contribution in [3.05, 3.63) is 0 Å². The molecule has 1 unspecified atom stereocenters. The van der Waals surface area contributed by atoms with Gasteiger partial charge in [-0.05, 0) is 79.1 Å². The van der Waals surface area contributed by atoms with E-state index in [-0.39, 0.29) is 29.9 Å². The van der Waals surface area contributed by atoms with Crippen molar-refractivity contribution in [3.63, 3.8) is 0 Å². The maximum absolute atomic E-state index is 12.3. The average Bonchev–Trinajstić information content (AvgIpc) is 2.44. The highest BCUT2D eigenvalue weighted by Gasteiger charge is 2.28. The van der Waals surface area contributed by atoms with Gasteiger partial charge in [-0.3, -0.25) is 9.69 Å². The smallest absolute Gasteiger partial charge is 0.237 e. The number of amides is 1. The Morgan fingerprint density at radius 1 is 1.33 bits per heavy atom. The Hall–Kier alpha value is -0.320. The van der Waals surface area contributed by atoms with Crippen molar-refractivity contribution in [2.45, 2.75) is 65.0 Å². The number of carbonyl (C=O) groups excluding carboxylic acids is 1. The summed E-state index contributed by atoms with van der Waals surface area (Å²) >= 11 is 0. The number of rotatable bonds is 7. The second-order valence-electron chi connectivity index (χ2n) is 6.77. The lowest BCUT2D eigenvalue weighted by atomic mass is 9.92. The molecule has 126 valence electrons. The van der Waals surface area contributed by atoms with Gasteiger partial charge in [0.25, 0.3) is 0 Å². The largest absolute Gasteiger partial charge is 0.350 e. The summed E-state index contributed by atoms with van der Waals surface area (Å²) in [6.45, 7) is 11.5. The van der Waals surface area contributed by atoms with E-state index in [1.54, 1.807) is 0 Å². The van der Waals surface area contributed by atoms with Crippen molar-refractivity contribution < 1.29 is 4.79 Å². The molecule has 0 aromatic carbocycles. The van der Waals surface area contributed by atoms with E-state index in [0.29, 0.717) is 0 Å². The summed E-state index contributed by atoms with van der Waals surface area (Å²) < 4.78 is 0. The number of halogens is 1. The summed E-state index contributed by atoms with van der Waals surface area (Å²) in [5.74, 6) is 0.992. The number of hydrogen-bond acceptors (Lipinski definition) is 3. The van der Waals surface area contributed by atoms with Crippen LogP contribution in [0.4, 0.5) is 0 Å². The molecule has 0 aromatic rings. The second-order valence-corrected chi connectivity index (χ2v) is 6.77. The molecule has 1 rings (SSSR count). The van der Waals surface area contributed by atoms with Crippen molar-refractivity contribution in [2.75, 3.05) is 26.7 Å². The van der Waals surface area contributed by atoms with Gasteiger partial charge in [0.1, 0.15) is 0 Å². The van der Waals surface area contributed by atoms with Crippen LogP contribution in [0, 0.1) is 5.92 Å². The second kappa shape index (κ2) is 9.65. The Balaban J connectivity index is 0.00000400. The molecule has 5 heteroatoms. The lowest BCUT2D eigenvalue weighted by Crippen LogP contribution is -2.53. The Morgan fingerprint density at radius 2 is 1.90 bits per heavy atom. The molecule has 1 atom stereocenters. The van der Waals surface area contributed by atoms with E-state index in [1.165, 1.54) is 19.3 Å². The summed E-state index contributed by atoms with van der Waals surface area (Å²) in [6.07, 6.45) is 4.65. The third-order valence-corrected chi connectivity index (χ3v) is 4.72. The van der Waals surface area contributed by atoms with Crippen molar-refractivity contribution in [3.8, 4) is 0 Å². The maximum Gasteiger partial charge on any atom is 0.237 e. The Kier molecular flexibility index (Phi) is 9.50. The van der Waals surface area contributed by atoms with Crippen LogP contribution in [-0.2, 0) is 4.79 Å². The zero-order chi connectivity index (χ0) is 15.2. The molecule has 0 spiro atoms. The van der Waals surface area contributed by atoms with Gasteiger partial charge in [-0.1, -0.05) is 6.92 Å². The van der Waals surface area contributed by atoms with Gasteiger partial charge in [0.2, 0.25) is 5.91 Å². The number of hydrogen-bond donors (Lipinski definition) is 2. The van der Waals surface area contributed by atoms with Gasteiger partial charge in [0, 0.05) is 5.54 Å². The van der Waals surface area contributed by atoms with Gasteiger partial charge in [0.05, 0.1) is 6.04 Å². The standard InChI is InChI=1S/C16H33N3O.ClH/c1-6-16(3,4)18-15(20)13(2)19-11-8-14(9-12-19)7-10-17-5;/h13-14,17H,6-12H2,1-5H3,(H,18,20);1H. The molecule has 1 amide bonds. The van der Waals surface area contributed by atoms with Crippen LogP contribution in [0.25, 0.3) is 0 Å². The number of nitrogens with zero attached hydrogens (tertiary/aromatic N) is 1. The Labute approximate surface area is 136 Å². The van der Waals surface area contributed by atoms with E-state index in [4.69, 9.17) is 0 Å². The van der Waals surface area contributed by atoms with Gasteiger partial charge in [-0.15, -0.1) is 12.4 Å². The topological polar surface area (TPSA) is 44.4 Å². The molecule has 21 heavy (non-hydrogen) atoms. The van der Waals surface area contributed by atoms with Crippen LogP contribution >= 0.6 is 12.4 Å². The molecule has 1 saturated heterocycles. The van der Waals surface area contributed by atoms with Gasteiger partial charge in [0.15, 0.2) is 0 Å². The molecule has 0 bridgehead atoms. The monoisotopic (exact) mass is 319 g/mol. The number of likely N-dealkylation sites (tertiary alicyclic amines) is 1. The summed E-state index contributed by atoms with van der Waals surface area (Å²) in [6, 6.07) is -0.00826. The SMILES string of the molecule is CCC(C)(C)NC(=O)C(C)N1CCC(CCNC)CC1.Cl. The quantitative estimate of drug-likeness (QED) is 0.757. The first-order valence-electron chi connectivity index (χ1n) is 8.10. The van der Waals surface area contributed by atoms with Gasteiger partial charge >= 0.3 is 0 Å². The summed E-state index contributed by atoms with van der Waals surface area (Å²) in [7, 11) is 2.01. The molecule has 4 nitrogen and oxygen atoms in total. The minimum atomic E-state index is -0.101. The number of carbonyl (C=O) groups is 1. The third kappa shape index (κ3) is 6.98. The minimum absolute atomic E-state index is 0. The van der Waals surface area contributed by atoms with E-state index in [0.717, 1.165) is 32.0 Å². The molecule has 1 aliphatic heterocycles. The predicted octanol–water partition coefficient (Wildman–Crippen LogP) is 2.42. The highest BCUT2D eigenvalue weighted by molar-refractivity contribution is 5.85. The minimum Gasteiger partial charge on any atom is -0.350 e. The molecule has 1 heterocycles. The highest BCUT2D eigenvalue weighted by atomic mass is 35.5. The van der Waals surface area contributed by atoms with Gasteiger partial charge < -0.3 is 10.6 Å². The summed E-state index contributed by atoms with van der Waals surface area (Å²) in [5, 5.41) is 6.38. The normalized spacial score (nSPS) is 18.9. The summed E-state index contributed by atoms with van der Waals surface area (Å²) in [4.78, 5) is 14.6. The molecule has 2 N–H and O–H groups in total. The fourth-order valence-electron chi connectivity index (χ4n) is 2.67. The van der Waals surface area contributed by atoms with Crippen LogP contribution in [0.2, 0.25) is 0 Å². The van der Waals surface area contributed by atoms with Crippen LogP contribution in [0.15, 0.2) is 0 Å². The Morgan fingerprint density at radius 3 is 2.38 bits per heavy atom. The van der Waals surface area contributed by atoms with E-state index >= 15 is 0 Å². The van der Waals surface area contributed by atoms with Crippen molar-refractivity contribution in [1.82, 2.24) is 15.5 Å². The third-order valence-electron chi connectivity index (χ3n) is 4.72. The molecule has 0 aliphatic carbocycles. The van der Waals surface area contributed by atoms with Crippen LogP contribution < -0.4 is 10.6 Å². The van der Waals surface area contributed by atoms with Gasteiger partial charge in [-0.25, -0.2) is 0 Å². The fraction of sp³-hybridized carbons (Fsp3) is 0.938. The maximum atomic E-state index is 12.3. The van der Waals surface area contributed by atoms with Crippen LogP contribution in [0.3, 0.4) is 0 Å². The van der Waals surface area contributed by atoms with E-state index in [1.807, 2.05) is 14.0 Å². The zero-order valence-corrected chi connectivity index (χ0v) is 15.2. The molecule has 0 saturated carbocycles. The van der Waals surface area contributed by atoms with Gasteiger partial charge in [-0.2, -0.15) is 0 Å². The van der Waals surface area contributed by atoms with E-state index < -0.39 is 0 Å². The van der Waals surface area contributed by atoms with Crippen LogP contribution in [0.1, 0.15) is 53.4 Å². The fourth-order valence-corrected chi connectivity index (χ4v) is 2.67. The molecule has 1 aliphatic rings. The summed E-state index contributed by atoms with van der Waals surface area (Å²) in [5.41, 5.74) is -0.101. The first kappa shape index (κ1) is 20.7.